The molecule has 0 aromatic carbocycles. The first-order valence-electron chi connectivity index (χ1n) is 37.0. The lowest BCUT2D eigenvalue weighted by molar-refractivity contribution is -0.161. The lowest BCUT2D eigenvalue weighted by Gasteiger charge is -2.21. The maximum absolute atomic E-state index is 13.0. The third kappa shape index (κ3) is 63.5. The number of ether oxygens (including phenoxy) is 4. The number of esters is 4. The number of rotatable bonds is 70. The highest BCUT2D eigenvalue weighted by Crippen LogP contribution is 2.45. The van der Waals surface area contributed by atoms with E-state index < -0.39 is 97.5 Å². The number of carbonyl (C=O) groups is 4. The minimum Gasteiger partial charge on any atom is -0.462 e. The molecule has 0 saturated carbocycles. The Hall–Kier alpha value is -1.94. The minimum absolute atomic E-state index is 0.106. The molecule has 0 aliphatic heterocycles. The standard InChI is InChI=1S/C71H138O17P2/c1-7-10-12-14-16-17-30-37-43-49-55-70(75)87-66(59-81-68(73)53-47-41-33-15-13-11-8-2)61-85-89(77,78)83-57-65(72)58-84-90(79,80)86-62-67(60-82-69(74)54-48-42-36-31-26-23-22-24-28-34-39-45-51-63(4)5)88-71(76)56-50-44-38-32-27-21-19-18-20-25-29-35-40-46-52-64(6)9-3/h63-67,72H,7-62H2,1-6H3,(H,77,78)(H,79,80)/t64?,65-,66+,67+/m0/s1. The van der Waals surface area contributed by atoms with Crippen LogP contribution in [0.1, 0.15) is 363 Å². The van der Waals surface area contributed by atoms with E-state index >= 15 is 0 Å². The largest absolute Gasteiger partial charge is 0.472 e. The first-order valence-corrected chi connectivity index (χ1v) is 40.0. The second-order valence-electron chi connectivity index (χ2n) is 26.3. The van der Waals surface area contributed by atoms with Crippen LogP contribution in [0.4, 0.5) is 0 Å². The van der Waals surface area contributed by atoms with Crippen molar-refractivity contribution in [2.75, 3.05) is 39.6 Å². The van der Waals surface area contributed by atoms with E-state index in [0.29, 0.717) is 25.7 Å². The summed E-state index contributed by atoms with van der Waals surface area (Å²) in [4.78, 5) is 72.4. The van der Waals surface area contributed by atoms with E-state index in [1.165, 1.54) is 167 Å². The Morgan fingerprint density at radius 1 is 0.322 bits per heavy atom. The molecule has 3 N–H and O–H groups in total. The summed E-state index contributed by atoms with van der Waals surface area (Å²) in [5.74, 6) is -0.499. The van der Waals surface area contributed by atoms with Crippen LogP contribution < -0.4 is 0 Å². The second kappa shape index (κ2) is 63.1. The topological polar surface area (TPSA) is 237 Å². The molecule has 6 atom stereocenters. The molecule has 17 nitrogen and oxygen atoms in total. The van der Waals surface area contributed by atoms with E-state index in [4.69, 9.17) is 37.0 Å². The number of aliphatic hydroxyl groups is 1. The third-order valence-corrected chi connectivity index (χ3v) is 18.7. The fourth-order valence-corrected chi connectivity index (χ4v) is 12.3. The molecule has 0 radical (unpaired) electrons. The van der Waals surface area contributed by atoms with Crippen molar-refractivity contribution >= 4 is 39.5 Å². The van der Waals surface area contributed by atoms with Gasteiger partial charge in [0.2, 0.25) is 0 Å². The number of phosphoric acid groups is 2. The van der Waals surface area contributed by atoms with Crippen LogP contribution in [0.5, 0.6) is 0 Å². The lowest BCUT2D eigenvalue weighted by atomic mass is 9.99. The SMILES string of the molecule is CCCCCCCCCCCCC(=O)O[C@H](COC(=O)CCCCCCCCC)COP(=O)(O)OC[C@H](O)COP(=O)(O)OC[C@@H](COC(=O)CCCCCCCCCCCCCCC(C)C)OC(=O)CCCCCCCCCCCCCCCCC(C)CC. The smallest absolute Gasteiger partial charge is 0.462 e. The van der Waals surface area contributed by atoms with Crippen LogP contribution in [0.2, 0.25) is 0 Å². The van der Waals surface area contributed by atoms with E-state index in [1.807, 2.05) is 0 Å². The molecule has 0 aromatic rings. The summed E-state index contributed by atoms with van der Waals surface area (Å²) in [5.41, 5.74) is 0. The van der Waals surface area contributed by atoms with Gasteiger partial charge in [-0.05, 0) is 37.5 Å². The van der Waals surface area contributed by atoms with Gasteiger partial charge in [-0.3, -0.25) is 37.3 Å². The normalized spacial score (nSPS) is 14.4. The van der Waals surface area contributed by atoms with Crippen LogP contribution in [0, 0.1) is 11.8 Å². The van der Waals surface area contributed by atoms with Crippen molar-refractivity contribution in [1.82, 2.24) is 0 Å². The highest BCUT2D eigenvalue weighted by Gasteiger charge is 2.30. The predicted molar refractivity (Wildman–Crippen MR) is 363 cm³/mol. The van der Waals surface area contributed by atoms with Crippen molar-refractivity contribution in [1.29, 1.82) is 0 Å². The van der Waals surface area contributed by atoms with Crippen molar-refractivity contribution < 1.29 is 80.2 Å². The summed E-state index contributed by atoms with van der Waals surface area (Å²) < 4.78 is 68.2. The first-order chi connectivity index (χ1) is 43.4. The zero-order chi connectivity index (χ0) is 66.5. The zero-order valence-corrected chi connectivity index (χ0v) is 60.2. The Morgan fingerprint density at radius 3 is 0.844 bits per heavy atom. The monoisotopic (exact) mass is 1320 g/mol. The molecule has 534 valence electrons. The Bertz CT molecular complexity index is 1750. The summed E-state index contributed by atoms with van der Waals surface area (Å²) in [6.07, 6.45) is 48.6. The Kier molecular flexibility index (Phi) is 61.8. The van der Waals surface area contributed by atoms with E-state index in [0.717, 1.165) is 115 Å². The lowest BCUT2D eigenvalue weighted by Crippen LogP contribution is -2.30. The van der Waals surface area contributed by atoms with E-state index in [2.05, 4.69) is 41.5 Å². The summed E-state index contributed by atoms with van der Waals surface area (Å²) in [6.45, 7) is 9.57. The van der Waals surface area contributed by atoms with Crippen LogP contribution in [0.15, 0.2) is 0 Å². The first kappa shape index (κ1) is 88.1. The highest BCUT2D eigenvalue weighted by atomic mass is 31.2. The number of hydrogen-bond acceptors (Lipinski definition) is 15. The van der Waals surface area contributed by atoms with Crippen molar-refractivity contribution in [3.05, 3.63) is 0 Å². The van der Waals surface area contributed by atoms with Gasteiger partial charge in [0, 0.05) is 25.7 Å². The Morgan fingerprint density at radius 2 is 0.567 bits per heavy atom. The van der Waals surface area contributed by atoms with E-state index in [1.54, 1.807) is 0 Å². The summed E-state index contributed by atoms with van der Waals surface area (Å²) >= 11 is 0. The molecule has 0 spiro atoms. The molecule has 0 saturated heterocycles. The summed E-state index contributed by atoms with van der Waals surface area (Å²) in [7, 11) is -9.89. The maximum atomic E-state index is 13.0. The summed E-state index contributed by atoms with van der Waals surface area (Å²) in [5, 5.41) is 10.6. The molecule has 0 aliphatic carbocycles. The highest BCUT2D eigenvalue weighted by molar-refractivity contribution is 7.47. The van der Waals surface area contributed by atoms with Gasteiger partial charge in [0.15, 0.2) is 12.2 Å². The fourth-order valence-electron chi connectivity index (χ4n) is 10.7. The van der Waals surface area contributed by atoms with Gasteiger partial charge in [-0.1, -0.05) is 311 Å². The molecular weight excluding hydrogens is 1190 g/mol. The van der Waals surface area contributed by atoms with Gasteiger partial charge < -0.3 is 33.8 Å². The summed E-state index contributed by atoms with van der Waals surface area (Å²) in [6, 6.07) is 0. The predicted octanol–water partition coefficient (Wildman–Crippen LogP) is 20.4. The van der Waals surface area contributed by atoms with Crippen molar-refractivity contribution in [3.63, 3.8) is 0 Å². The Labute approximate surface area is 549 Å². The minimum atomic E-state index is -4.95. The average Bonchev–Trinajstić information content (AvgIpc) is 3.54. The number of unbranched alkanes of at least 4 members (excludes halogenated alkanes) is 39. The van der Waals surface area contributed by atoms with Gasteiger partial charge in [0.25, 0.3) is 0 Å². The van der Waals surface area contributed by atoms with Gasteiger partial charge >= 0.3 is 39.5 Å². The van der Waals surface area contributed by atoms with Gasteiger partial charge in [0.05, 0.1) is 26.4 Å². The Balaban J connectivity index is 5.19. The molecule has 0 amide bonds. The molecule has 3 unspecified atom stereocenters. The van der Waals surface area contributed by atoms with Crippen LogP contribution in [0.25, 0.3) is 0 Å². The van der Waals surface area contributed by atoms with Crippen LogP contribution in [-0.2, 0) is 65.4 Å². The van der Waals surface area contributed by atoms with E-state index in [9.17, 15) is 43.2 Å². The van der Waals surface area contributed by atoms with Gasteiger partial charge in [-0.25, -0.2) is 9.13 Å². The van der Waals surface area contributed by atoms with Crippen LogP contribution in [-0.4, -0.2) is 96.7 Å². The van der Waals surface area contributed by atoms with Gasteiger partial charge in [-0.15, -0.1) is 0 Å². The van der Waals surface area contributed by atoms with Gasteiger partial charge in [-0.2, -0.15) is 0 Å². The third-order valence-electron chi connectivity index (χ3n) is 16.8. The second-order valence-corrected chi connectivity index (χ2v) is 29.3. The maximum Gasteiger partial charge on any atom is 0.472 e. The van der Waals surface area contributed by atoms with Crippen LogP contribution >= 0.6 is 15.6 Å². The van der Waals surface area contributed by atoms with Crippen LogP contribution in [0.3, 0.4) is 0 Å². The molecule has 19 heteroatoms. The zero-order valence-electron chi connectivity index (χ0n) is 58.4. The van der Waals surface area contributed by atoms with Crippen molar-refractivity contribution in [2.45, 2.75) is 381 Å². The average molecular weight is 1330 g/mol. The molecule has 0 aromatic heterocycles. The fraction of sp³-hybridized carbons (Fsp3) is 0.944. The molecule has 0 heterocycles. The van der Waals surface area contributed by atoms with Crippen molar-refractivity contribution in [2.24, 2.45) is 11.8 Å². The molecule has 0 fully saturated rings. The molecular formula is C71H138O17P2. The molecule has 90 heavy (non-hydrogen) atoms. The number of aliphatic hydroxyl groups excluding tert-OH is 1. The molecule has 0 bridgehead atoms. The van der Waals surface area contributed by atoms with Gasteiger partial charge in [0.1, 0.15) is 19.3 Å². The van der Waals surface area contributed by atoms with Crippen molar-refractivity contribution in [3.8, 4) is 0 Å². The quantitative estimate of drug-likeness (QED) is 0.0222. The number of carbonyl (C=O) groups excluding carboxylic acids is 4. The number of hydrogen-bond donors (Lipinski definition) is 3. The molecule has 0 aliphatic rings. The van der Waals surface area contributed by atoms with E-state index in [-0.39, 0.29) is 25.7 Å². The number of phosphoric ester groups is 2. The molecule has 0 rings (SSSR count).